The van der Waals surface area contributed by atoms with Gasteiger partial charge in [0.05, 0.1) is 0 Å². The van der Waals surface area contributed by atoms with Crippen LogP contribution in [0, 0.1) is 0 Å². The van der Waals surface area contributed by atoms with E-state index in [1.807, 2.05) is 51.1 Å². The second kappa shape index (κ2) is 8.83. The van der Waals surface area contributed by atoms with Gasteiger partial charge in [-0.3, -0.25) is 4.79 Å². The van der Waals surface area contributed by atoms with E-state index in [0.29, 0.717) is 19.5 Å². The zero-order chi connectivity index (χ0) is 16.6. The van der Waals surface area contributed by atoms with Gasteiger partial charge in [0.15, 0.2) is 0 Å². The van der Waals surface area contributed by atoms with Crippen LogP contribution in [0.25, 0.3) is 0 Å². The average Bonchev–Trinajstić information content (AvgIpc) is 2.41. The summed E-state index contributed by atoms with van der Waals surface area (Å²) < 4.78 is 5.40. The van der Waals surface area contributed by atoms with E-state index in [1.165, 1.54) is 11.8 Å². The van der Waals surface area contributed by atoms with Crippen molar-refractivity contribution in [3.8, 4) is 0 Å². The molecule has 0 spiro atoms. The Hall–Kier alpha value is -1.49. The number of rotatable bonds is 7. The third-order valence-electron chi connectivity index (χ3n) is 2.76. The summed E-state index contributed by atoms with van der Waals surface area (Å²) in [5.41, 5.74) is -0.530. The summed E-state index contributed by atoms with van der Waals surface area (Å²) in [6, 6.07) is 10.0. The van der Waals surface area contributed by atoms with Crippen molar-refractivity contribution in [1.29, 1.82) is 0 Å². The average molecular weight is 323 g/mol. The van der Waals surface area contributed by atoms with Gasteiger partial charge in [-0.15, -0.1) is 11.8 Å². The molecule has 0 aromatic heterocycles. The van der Waals surface area contributed by atoms with Crippen molar-refractivity contribution in [3.05, 3.63) is 30.3 Å². The number of ether oxygens (including phenoxy) is 1. The van der Waals surface area contributed by atoms with Crippen LogP contribution in [0.15, 0.2) is 35.2 Å². The van der Waals surface area contributed by atoms with Gasteiger partial charge in [0.1, 0.15) is 11.4 Å². The van der Waals surface area contributed by atoms with Gasteiger partial charge in [0.25, 0.3) is 0 Å². The van der Waals surface area contributed by atoms with E-state index in [0.717, 1.165) is 5.75 Å². The third-order valence-corrected chi connectivity index (χ3v) is 3.75. The zero-order valence-electron chi connectivity index (χ0n) is 13.8. The molecule has 0 saturated carbocycles. The molecule has 0 saturated heterocycles. The maximum atomic E-state index is 12.2. The lowest BCUT2D eigenvalue weighted by atomic mass is 10.2. The molecule has 1 amide bonds. The van der Waals surface area contributed by atoms with E-state index in [2.05, 4.69) is 0 Å². The summed E-state index contributed by atoms with van der Waals surface area (Å²) in [6.07, 6.45) is -0.00248. The standard InChI is InChI=1S/C17H25NO3S/c1-14(19)10-11-18(16(20)21-17(2,3)4)12-13-22-15-8-6-5-7-9-15/h5-9H,10-13H2,1-4H3. The van der Waals surface area contributed by atoms with Crippen LogP contribution in [0.3, 0.4) is 0 Å². The van der Waals surface area contributed by atoms with E-state index < -0.39 is 5.60 Å². The molecule has 0 unspecified atom stereocenters. The number of nitrogens with zero attached hydrogens (tertiary/aromatic N) is 1. The number of hydrogen-bond donors (Lipinski definition) is 0. The van der Waals surface area contributed by atoms with E-state index in [4.69, 9.17) is 4.74 Å². The fourth-order valence-electron chi connectivity index (χ4n) is 1.70. The first kappa shape index (κ1) is 18.6. The Morgan fingerprint density at radius 1 is 1.14 bits per heavy atom. The minimum absolute atomic E-state index is 0.0734. The number of ketones is 1. The van der Waals surface area contributed by atoms with Crippen LogP contribution < -0.4 is 0 Å². The number of carbonyl (C=O) groups excluding carboxylic acids is 2. The number of Topliss-reactive ketones (excluding diaryl/α,β-unsaturated/α-hetero) is 1. The smallest absolute Gasteiger partial charge is 0.410 e. The zero-order valence-corrected chi connectivity index (χ0v) is 14.6. The summed E-state index contributed by atoms with van der Waals surface area (Å²) in [5.74, 6) is 0.838. The quantitative estimate of drug-likeness (QED) is 0.712. The first-order valence-corrected chi connectivity index (χ1v) is 8.42. The molecule has 122 valence electrons. The Morgan fingerprint density at radius 3 is 2.32 bits per heavy atom. The molecule has 0 N–H and O–H groups in total. The molecule has 22 heavy (non-hydrogen) atoms. The lowest BCUT2D eigenvalue weighted by Crippen LogP contribution is -2.39. The van der Waals surface area contributed by atoms with Gasteiger partial charge in [0.2, 0.25) is 0 Å². The highest BCUT2D eigenvalue weighted by atomic mass is 32.2. The summed E-state index contributed by atoms with van der Waals surface area (Å²) in [7, 11) is 0. The van der Waals surface area contributed by atoms with Crippen LogP contribution in [-0.4, -0.2) is 41.2 Å². The molecule has 0 atom stereocenters. The molecule has 0 aliphatic carbocycles. The van der Waals surface area contributed by atoms with Gasteiger partial charge in [-0.1, -0.05) is 18.2 Å². The monoisotopic (exact) mass is 323 g/mol. The second-order valence-electron chi connectivity index (χ2n) is 6.08. The minimum Gasteiger partial charge on any atom is -0.444 e. The van der Waals surface area contributed by atoms with Crippen molar-refractivity contribution < 1.29 is 14.3 Å². The molecular weight excluding hydrogens is 298 g/mol. The van der Waals surface area contributed by atoms with E-state index in [-0.39, 0.29) is 11.9 Å². The highest BCUT2D eigenvalue weighted by Crippen LogP contribution is 2.18. The highest BCUT2D eigenvalue weighted by Gasteiger charge is 2.22. The third kappa shape index (κ3) is 8.08. The largest absolute Gasteiger partial charge is 0.444 e. The Labute approximate surface area is 137 Å². The molecule has 0 aliphatic rings. The van der Waals surface area contributed by atoms with Gasteiger partial charge in [-0.25, -0.2) is 4.79 Å². The summed E-state index contributed by atoms with van der Waals surface area (Å²) >= 11 is 1.68. The predicted molar refractivity (Wildman–Crippen MR) is 90.3 cm³/mol. The number of hydrogen-bond acceptors (Lipinski definition) is 4. The van der Waals surface area contributed by atoms with Crippen molar-refractivity contribution in [2.24, 2.45) is 0 Å². The minimum atomic E-state index is -0.530. The van der Waals surface area contributed by atoms with Crippen LogP contribution in [0.1, 0.15) is 34.1 Å². The first-order chi connectivity index (χ1) is 10.3. The van der Waals surface area contributed by atoms with Crippen molar-refractivity contribution in [1.82, 2.24) is 4.90 Å². The Bertz CT molecular complexity index is 482. The van der Waals surface area contributed by atoms with Crippen LogP contribution in [0.2, 0.25) is 0 Å². The van der Waals surface area contributed by atoms with Crippen LogP contribution in [0.5, 0.6) is 0 Å². The molecule has 0 heterocycles. The number of amides is 1. The lowest BCUT2D eigenvalue weighted by Gasteiger charge is -2.27. The van der Waals surface area contributed by atoms with Crippen LogP contribution >= 0.6 is 11.8 Å². The van der Waals surface area contributed by atoms with E-state index in [1.54, 1.807) is 16.7 Å². The molecular formula is C17H25NO3S. The molecule has 5 heteroatoms. The Balaban J connectivity index is 2.53. The number of thioether (sulfide) groups is 1. The van der Waals surface area contributed by atoms with Crippen molar-refractivity contribution >= 4 is 23.6 Å². The number of benzene rings is 1. The maximum Gasteiger partial charge on any atom is 0.410 e. The van der Waals surface area contributed by atoms with Crippen LogP contribution in [0.4, 0.5) is 4.79 Å². The topological polar surface area (TPSA) is 46.6 Å². The van der Waals surface area contributed by atoms with E-state index >= 15 is 0 Å². The molecule has 0 fully saturated rings. The number of carbonyl (C=O) groups is 2. The molecule has 1 aromatic carbocycles. The predicted octanol–water partition coefficient (Wildman–Crippen LogP) is 3.99. The summed E-state index contributed by atoms with van der Waals surface area (Å²) in [4.78, 5) is 26.1. The molecule has 1 rings (SSSR count). The fourth-order valence-corrected chi connectivity index (χ4v) is 2.60. The first-order valence-electron chi connectivity index (χ1n) is 7.43. The SMILES string of the molecule is CC(=O)CCN(CCSc1ccccc1)C(=O)OC(C)(C)C. The summed E-state index contributed by atoms with van der Waals surface area (Å²) in [5, 5.41) is 0. The Kier molecular flexibility index (Phi) is 7.45. The summed E-state index contributed by atoms with van der Waals surface area (Å²) in [6.45, 7) is 8.01. The molecule has 0 bridgehead atoms. The molecule has 4 nitrogen and oxygen atoms in total. The molecule has 1 aromatic rings. The fraction of sp³-hybridized carbons (Fsp3) is 0.529. The van der Waals surface area contributed by atoms with Crippen LogP contribution in [-0.2, 0) is 9.53 Å². The molecule has 0 radical (unpaired) electrons. The van der Waals surface area contributed by atoms with E-state index in [9.17, 15) is 9.59 Å². The second-order valence-corrected chi connectivity index (χ2v) is 7.25. The van der Waals surface area contributed by atoms with Crippen molar-refractivity contribution in [3.63, 3.8) is 0 Å². The Morgan fingerprint density at radius 2 is 1.77 bits per heavy atom. The molecule has 0 aliphatic heterocycles. The lowest BCUT2D eigenvalue weighted by molar-refractivity contribution is -0.117. The van der Waals surface area contributed by atoms with Gasteiger partial charge in [-0.05, 0) is 39.8 Å². The van der Waals surface area contributed by atoms with Gasteiger partial charge < -0.3 is 9.64 Å². The normalized spacial score (nSPS) is 11.1. The maximum absolute atomic E-state index is 12.2. The van der Waals surface area contributed by atoms with Gasteiger partial charge in [0, 0.05) is 30.2 Å². The highest BCUT2D eigenvalue weighted by molar-refractivity contribution is 7.99. The van der Waals surface area contributed by atoms with Gasteiger partial charge >= 0.3 is 6.09 Å². The van der Waals surface area contributed by atoms with Gasteiger partial charge in [-0.2, -0.15) is 0 Å². The van der Waals surface area contributed by atoms with Crippen molar-refractivity contribution in [2.45, 2.75) is 44.6 Å². The van der Waals surface area contributed by atoms with Crippen molar-refractivity contribution in [2.75, 3.05) is 18.8 Å².